The number of halogens is 1. The van der Waals surface area contributed by atoms with E-state index in [0.29, 0.717) is 34.5 Å². The first-order valence-electron chi connectivity index (χ1n) is 7.61. The number of carbonyl (C=O) groups is 2. The van der Waals surface area contributed by atoms with Crippen LogP contribution in [0.25, 0.3) is 10.9 Å². The second-order valence-electron chi connectivity index (χ2n) is 5.58. The smallest absolute Gasteiger partial charge is 0.252 e. The monoisotopic (exact) mass is 342 g/mol. The number of nitriles is 1. The molecule has 1 aliphatic heterocycles. The molecule has 2 heterocycles. The Balaban J connectivity index is 1.72. The summed E-state index contributed by atoms with van der Waals surface area (Å²) in [5.74, 6) is -0.598. The summed E-state index contributed by atoms with van der Waals surface area (Å²) in [5, 5.41) is 12.9. The Morgan fingerprint density at radius 1 is 1.42 bits per heavy atom. The van der Waals surface area contributed by atoms with E-state index in [4.69, 9.17) is 16.9 Å². The van der Waals surface area contributed by atoms with E-state index in [0.717, 1.165) is 6.42 Å². The first-order valence-corrected chi connectivity index (χ1v) is 7.99. The van der Waals surface area contributed by atoms with Crippen LogP contribution in [-0.2, 0) is 4.79 Å². The lowest BCUT2D eigenvalue weighted by molar-refractivity contribution is -0.130. The Labute approximate surface area is 144 Å². The summed E-state index contributed by atoms with van der Waals surface area (Å²) in [6, 6.07) is 8.43. The molecular weight excluding hydrogens is 328 g/mol. The molecule has 1 aromatic heterocycles. The number of amides is 2. The minimum absolute atomic E-state index is 0.131. The minimum Gasteiger partial charge on any atom is -0.343 e. The van der Waals surface area contributed by atoms with E-state index in [2.05, 4.69) is 16.4 Å². The summed E-state index contributed by atoms with van der Waals surface area (Å²) in [6.07, 6.45) is 3.03. The third-order valence-corrected chi connectivity index (χ3v) is 4.31. The van der Waals surface area contributed by atoms with Gasteiger partial charge in [-0.1, -0.05) is 17.7 Å². The number of carbonyl (C=O) groups excluding carboxylic acids is 2. The normalized spacial score (nSPS) is 16.8. The van der Waals surface area contributed by atoms with Gasteiger partial charge in [-0.05, 0) is 31.0 Å². The highest BCUT2D eigenvalue weighted by Gasteiger charge is 2.28. The molecule has 0 aliphatic carbocycles. The molecule has 1 fully saturated rings. The van der Waals surface area contributed by atoms with Gasteiger partial charge < -0.3 is 10.2 Å². The fraction of sp³-hybridized carbons (Fsp3) is 0.294. The van der Waals surface area contributed by atoms with Gasteiger partial charge in [-0.3, -0.25) is 14.6 Å². The number of nitrogens with zero attached hydrogens (tertiary/aromatic N) is 3. The molecule has 1 aromatic carbocycles. The Hall–Kier alpha value is -2.65. The van der Waals surface area contributed by atoms with Crippen molar-refractivity contribution in [1.82, 2.24) is 15.2 Å². The van der Waals surface area contributed by atoms with E-state index in [1.807, 2.05) is 0 Å². The van der Waals surface area contributed by atoms with Crippen molar-refractivity contribution < 1.29 is 9.59 Å². The zero-order valence-corrected chi connectivity index (χ0v) is 13.6. The van der Waals surface area contributed by atoms with Gasteiger partial charge in [-0.25, -0.2) is 0 Å². The molecule has 1 saturated heterocycles. The molecular formula is C17H15ClN4O2. The molecule has 0 bridgehead atoms. The van der Waals surface area contributed by atoms with Crippen LogP contribution in [0.1, 0.15) is 23.2 Å². The van der Waals surface area contributed by atoms with Crippen molar-refractivity contribution >= 4 is 34.3 Å². The number of pyridine rings is 1. The molecule has 1 unspecified atom stereocenters. The third-order valence-electron chi connectivity index (χ3n) is 4.07. The molecule has 7 heteroatoms. The van der Waals surface area contributed by atoms with Crippen LogP contribution in [-0.4, -0.2) is 40.8 Å². The predicted molar refractivity (Wildman–Crippen MR) is 89.4 cm³/mol. The molecule has 122 valence electrons. The maximum atomic E-state index is 12.4. The first-order chi connectivity index (χ1) is 11.6. The van der Waals surface area contributed by atoms with Crippen molar-refractivity contribution in [3.05, 3.63) is 41.0 Å². The SMILES string of the molecule is N#CC1CCCN1C(=O)CNC(=O)c1ccnc2cc(Cl)ccc12. The molecule has 1 aliphatic rings. The third kappa shape index (κ3) is 3.17. The number of benzene rings is 1. The number of hydrogen-bond donors (Lipinski definition) is 1. The predicted octanol–water partition coefficient (Wildman–Crippen LogP) is 2.13. The highest BCUT2D eigenvalue weighted by atomic mass is 35.5. The van der Waals surface area contributed by atoms with Crippen LogP contribution in [0, 0.1) is 11.3 Å². The molecule has 1 N–H and O–H groups in total. The van der Waals surface area contributed by atoms with E-state index in [1.165, 1.54) is 11.1 Å². The van der Waals surface area contributed by atoms with Crippen molar-refractivity contribution in [2.24, 2.45) is 0 Å². The van der Waals surface area contributed by atoms with Gasteiger partial charge in [-0.15, -0.1) is 0 Å². The van der Waals surface area contributed by atoms with Gasteiger partial charge in [0.1, 0.15) is 6.04 Å². The molecule has 3 rings (SSSR count). The Bertz CT molecular complexity index is 846. The summed E-state index contributed by atoms with van der Waals surface area (Å²) in [7, 11) is 0. The molecule has 24 heavy (non-hydrogen) atoms. The zero-order chi connectivity index (χ0) is 17.1. The molecule has 2 amide bonds. The number of aromatic nitrogens is 1. The summed E-state index contributed by atoms with van der Waals surface area (Å²) in [4.78, 5) is 30.3. The average Bonchev–Trinajstić information content (AvgIpc) is 3.07. The van der Waals surface area contributed by atoms with Crippen molar-refractivity contribution in [2.45, 2.75) is 18.9 Å². The second-order valence-corrected chi connectivity index (χ2v) is 6.01. The van der Waals surface area contributed by atoms with Crippen molar-refractivity contribution in [3.63, 3.8) is 0 Å². The first kappa shape index (κ1) is 16.2. The maximum Gasteiger partial charge on any atom is 0.252 e. The van der Waals surface area contributed by atoms with Crippen LogP contribution >= 0.6 is 11.6 Å². The fourth-order valence-electron chi connectivity index (χ4n) is 2.87. The van der Waals surface area contributed by atoms with Gasteiger partial charge in [0.15, 0.2) is 0 Å². The standard InChI is InChI=1S/C17H15ClN4O2/c18-11-3-4-13-14(5-6-20-15(13)8-11)17(24)21-10-16(23)22-7-1-2-12(22)9-19/h3-6,8,12H,1-2,7,10H2,(H,21,24). The zero-order valence-electron chi connectivity index (χ0n) is 12.8. The number of hydrogen-bond acceptors (Lipinski definition) is 4. The van der Waals surface area contributed by atoms with Gasteiger partial charge in [0.2, 0.25) is 5.91 Å². The topological polar surface area (TPSA) is 86.1 Å². The van der Waals surface area contributed by atoms with Crippen LogP contribution in [0.3, 0.4) is 0 Å². The summed E-state index contributed by atoms with van der Waals surface area (Å²) in [6.45, 7) is 0.429. The van der Waals surface area contributed by atoms with Crippen LogP contribution in [0.4, 0.5) is 0 Å². The highest BCUT2D eigenvalue weighted by molar-refractivity contribution is 6.31. The Morgan fingerprint density at radius 2 is 2.25 bits per heavy atom. The fourth-order valence-corrected chi connectivity index (χ4v) is 3.04. The molecule has 0 saturated carbocycles. The lowest BCUT2D eigenvalue weighted by Gasteiger charge is -2.19. The van der Waals surface area contributed by atoms with E-state index < -0.39 is 6.04 Å². The lowest BCUT2D eigenvalue weighted by Crippen LogP contribution is -2.42. The van der Waals surface area contributed by atoms with Crippen LogP contribution < -0.4 is 5.32 Å². The molecule has 2 aromatic rings. The van der Waals surface area contributed by atoms with Crippen molar-refractivity contribution in [1.29, 1.82) is 5.26 Å². The van der Waals surface area contributed by atoms with Crippen LogP contribution in [0.2, 0.25) is 5.02 Å². The van der Waals surface area contributed by atoms with Gasteiger partial charge in [0.05, 0.1) is 23.7 Å². The highest BCUT2D eigenvalue weighted by Crippen LogP contribution is 2.21. The number of nitrogens with one attached hydrogen (secondary N) is 1. The molecule has 0 radical (unpaired) electrons. The second kappa shape index (κ2) is 6.85. The Kier molecular flexibility index (Phi) is 4.63. The number of likely N-dealkylation sites (tertiary alicyclic amines) is 1. The maximum absolute atomic E-state index is 12.4. The van der Waals surface area contributed by atoms with E-state index >= 15 is 0 Å². The lowest BCUT2D eigenvalue weighted by atomic mass is 10.1. The van der Waals surface area contributed by atoms with Crippen molar-refractivity contribution in [2.75, 3.05) is 13.1 Å². The van der Waals surface area contributed by atoms with Gasteiger partial charge in [0, 0.05) is 23.2 Å². The largest absolute Gasteiger partial charge is 0.343 e. The Morgan fingerprint density at radius 3 is 3.04 bits per heavy atom. The molecule has 0 spiro atoms. The summed E-state index contributed by atoms with van der Waals surface area (Å²) >= 11 is 5.94. The number of fused-ring (bicyclic) bond motifs is 1. The van der Waals surface area contributed by atoms with E-state index in [1.54, 1.807) is 24.3 Å². The van der Waals surface area contributed by atoms with E-state index in [-0.39, 0.29) is 18.4 Å². The van der Waals surface area contributed by atoms with Gasteiger partial charge in [0.25, 0.3) is 5.91 Å². The summed E-state index contributed by atoms with van der Waals surface area (Å²) < 4.78 is 0. The van der Waals surface area contributed by atoms with Crippen molar-refractivity contribution in [3.8, 4) is 6.07 Å². The van der Waals surface area contributed by atoms with Crippen LogP contribution in [0.5, 0.6) is 0 Å². The van der Waals surface area contributed by atoms with Crippen LogP contribution in [0.15, 0.2) is 30.5 Å². The van der Waals surface area contributed by atoms with Gasteiger partial charge >= 0.3 is 0 Å². The van der Waals surface area contributed by atoms with Gasteiger partial charge in [-0.2, -0.15) is 5.26 Å². The quantitative estimate of drug-likeness (QED) is 0.925. The molecule has 1 atom stereocenters. The average molecular weight is 343 g/mol. The number of rotatable bonds is 3. The minimum atomic E-state index is -0.390. The molecule has 6 nitrogen and oxygen atoms in total. The van der Waals surface area contributed by atoms with E-state index in [9.17, 15) is 9.59 Å². The summed E-state index contributed by atoms with van der Waals surface area (Å²) in [5.41, 5.74) is 1.05.